The van der Waals surface area contributed by atoms with Crippen molar-refractivity contribution < 1.29 is 37.6 Å². The molecule has 0 aliphatic carbocycles. The summed E-state index contributed by atoms with van der Waals surface area (Å²) in [5.74, 6) is 0.836. The molecule has 0 amide bonds. The minimum Gasteiger partial charge on any atom is -0.497 e. The SMILES string of the molecule is COc1ccc(COCc2cc(F)ccc2-n2ccc(Cl)n2)cc1.COc1ccc(COCc2cc(F)ccc2-n2nc(Cl)cc2C(O)c2cc(C)nn2C)cc1.Cn1nc(C#N)cc1C=O. The summed E-state index contributed by atoms with van der Waals surface area (Å²) in [6.45, 7) is 3.00. The first-order chi connectivity index (χ1) is 32.3. The number of benzene rings is 4. The van der Waals surface area contributed by atoms with Gasteiger partial charge in [0.1, 0.15) is 41.0 Å². The van der Waals surface area contributed by atoms with Crippen LogP contribution in [0.3, 0.4) is 0 Å². The Kier molecular flexibility index (Phi) is 17.1. The number of carbonyl (C=O) groups excluding carboxylic acids is 1. The van der Waals surface area contributed by atoms with Crippen molar-refractivity contribution in [3.05, 3.63) is 188 Å². The molecule has 0 fully saturated rings. The number of aromatic nitrogens is 8. The highest BCUT2D eigenvalue weighted by atomic mass is 35.5. The number of carbonyl (C=O) groups is 1. The number of methoxy groups -OCH3 is 2. The monoisotopic (exact) mass is 951 g/mol. The van der Waals surface area contributed by atoms with E-state index in [1.807, 2.05) is 61.5 Å². The van der Waals surface area contributed by atoms with Gasteiger partial charge in [-0.3, -0.25) is 14.2 Å². The summed E-state index contributed by atoms with van der Waals surface area (Å²) in [4.78, 5) is 10.2. The fourth-order valence-electron chi connectivity index (χ4n) is 6.64. The summed E-state index contributed by atoms with van der Waals surface area (Å²) in [7, 11) is 6.60. The average Bonchev–Trinajstić information content (AvgIpc) is 4.12. The molecule has 1 unspecified atom stereocenters. The van der Waals surface area contributed by atoms with Gasteiger partial charge in [0.25, 0.3) is 0 Å². The van der Waals surface area contributed by atoms with Gasteiger partial charge in [0.2, 0.25) is 0 Å². The van der Waals surface area contributed by atoms with Crippen LogP contribution in [-0.2, 0) is 50.0 Å². The van der Waals surface area contributed by atoms with E-state index in [1.54, 1.807) is 74.2 Å². The van der Waals surface area contributed by atoms with E-state index in [4.69, 9.17) is 47.4 Å². The fourth-order valence-corrected chi connectivity index (χ4v) is 6.97. The smallest absolute Gasteiger partial charge is 0.168 e. The zero-order chi connectivity index (χ0) is 48.0. The topological polar surface area (TPSA) is 169 Å². The van der Waals surface area contributed by atoms with Crippen LogP contribution in [0.4, 0.5) is 8.78 Å². The van der Waals surface area contributed by atoms with Gasteiger partial charge in [0, 0.05) is 43.6 Å². The van der Waals surface area contributed by atoms with Gasteiger partial charge < -0.3 is 24.1 Å². The molecule has 0 aliphatic rings. The molecule has 0 aliphatic heterocycles. The number of hydrogen-bond acceptors (Lipinski definition) is 11. The number of rotatable bonds is 15. The lowest BCUT2D eigenvalue weighted by Gasteiger charge is -2.16. The number of hydrogen-bond donors (Lipinski definition) is 1. The molecular formula is C48H45Cl2F2N9O6. The Balaban J connectivity index is 0.000000189. The third kappa shape index (κ3) is 13.2. The molecule has 0 saturated carbocycles. The van der Waals surface area contributed by atoms with E-state index in [-0.39, 0.29) is 29.9 Å². The lowest BCUT2D eigenvalue weighted by atomic mass is 10.1. The molecule has 0 radical (unpaired) electrons. The summed E-state index contributed by atoms with van der Waals surface area (Å²) in [5, 5.41) is 36.5. The van der Waals surface area contributed by atoms with E-state index in [0.717, 1.165) is 34.0 Å². The zero-order valence-corrected chi connectivity index (χ0v) is 38.5. The van der Waals surface area contributed by atoms with Gasteiger partial charge in [-0.25, -0.2) is 18.1 Å². The predicted octanol–water partition coefficient (Wildman–Crippen LogP) is 9.01. The second-order valence-corrected chi connectivity index (χ2v) is 15.4. The first-order valence-corrected chi connectivity index (χ1v) is 21.1. The van der Waals surface area contributed by atoms with Crippen molar-refractivity contribution in [2.24, 2.45) is 14.1 Å². The minimum atomic E-state index is -1.03. The number of aryl methyl sites for hydroxylation is 3. The van der Waals surface area contributed by atoms with Crippen molar-refractivity contribution in [2.75, 3.05) is 14.2 Å². The molecule has 4 aromatic carbocycles. The number of halogens is 4. The molecule has 0 saturated heterocycles. The second kappa shape index (κ2) is 23.3. The Bertz CT molecular complexity index is 2950. The van der Waals surface area contributed by atoms with Crippen LogP contribution in [0, 0.1) is 29.9 Å². The Hall–Kier alpha value is -7.20. The molecule has 1 N–H and O–H groups in total. The Labute approximate surface area is 394 Å². The van der Waals surface area contributed by atoms with Crippen LogP contribution in [0.15, 0.2) is 115 Å². The van der Waals surface area contributed by atoms with Crippen molar-refractivity contribution >= 4 is 29.5 Å². The number of ether oxygens (including phenoxy) is 4. The lowest BCUT2D eigenvalue weighted by molar-refractivity contribution is 0.106. The summed E-state index contributed by atoms with van der Waals surface area (Å²) in [5.41, 5.74) is 7.01. The van der Waals surface area contributed by atoms with Crippen LogP contribution in [0.25, 0.3) is 11.4 Å². The molecule has 8 aromatic rings. The van der Waals surface area contributed by atoms with Gasteiger partial charge >= 0.3 is 0 Å². The summed E-state index contributed by atoms with van der Waals surface area (Å²) >= 11 is 12.1. The molecule has 4 aromatic heterocycles. The summed E-state index contributed by atoms with van der Waals surface area (Å²) in [6, 6.07) is 32.2. The molecule has 0 spiro atoms. The number of aliphatic hydroxyl groups excluding tert-OH is 1. The van der Waals surface area contributed by atoms with Crippen LogP contribution in [0.5, 0.6) is 11.5 Å². The number of nitrogens with zero attached hydrogens (tertiary/aromatic N) is 9. The van der Waals surface area contributed by atoms with Crippen molar-refractivity contribution in [3.8, 4) is 28.9 Å². The minimum absolute atomic E-state index is 0.136. The third-order valence-electron chi connectivity index (χ3n) is 9.94. The van der Waals surface area contributed by atoms with Gasteiger partial charge in [0.15, 0.2) is 22.3 Å². The molecule has 15 nitrogen and oxygen atoms in total. The van der Waals surface area contributed by atoms with Gasteiger partial charge in [-0.15, -0.1) is 0 Å². The third-order valence-corrected chi connectivity index (χ3v) is 10.3. The first-order valence-electron chi connectivity index (χ1n) is 20.3. The van der Waals surface area contributed by atoms with Crippen LogP contribution in [0.2, 0.25) is 10.3 Å². The molecule has 1 atom stereocenters. The van der Waals surface area contributed by atoms with Crippen LogP contribution < -0.4 is 9.47 Å². The first kappa shape index (κ1) is 49.2. The van der Waals surface area contributed by atoms with Crippen LogP contribution >= 0.6 is 23.2 Å². The molecule has 346 valence electrons. The van der Waals surface area contributed by atoms with Gasteiger partial charge in [-0.2, -0.15) is 25.7 Å². The summed E-state index contributed by atoms with van der Waals surface area (Å²) in [6.07, 6.45) is 1.35. The normalized spacial score (nSPS) is 11.2. The molecule has 67 heavy (non-hydrogen) atoms. The Morgan fingerprint density at radius 3 is 1.72 bits per heavy atom. The highest BCUT2D eigenvalue weighted by Gasteiger charge is 2.23. The van der Waals surface area contributed by atoms with Crippen molar-refractivity contribution in [3.63, 3.8) is 0 Å². The Morgan fingerprint density at radius 1 is 0.687 bits per heavy atom. The summed E-state index contributed by atoms with van der Waals surface area (Å²) < 4.78 is 55.6. The van der Waals surface area contributed by atoms with Crippen molar-refractivity contribution in [2.45, 2.75) is 39.5 Å². The number of aliphatic hydroxyl groups is 1. The maximum atomic E-state index is 14.1. The second-order valence-electron chi connectivity index (χ2n) is 14.7. The molecule has 4 heterocycles. The largest absolute Gasteiger partial charge is 0.497 e. The van der Waals surface area contributed by atoms with E-state index in [1.165, 1.54) is 39.7 Å². The van der Waals surface area contributed by atoms with Crippen molar-refractivity contribution in [1.82, 2.24) is 39.1 Å². The highest BCUT2D eigenvalue weighted by molar-refractivity contribution is 6.29. The van der Waals surface area contributed by atoms with Crippen LogP contribution in [-0.4, -0.2) is 64.7 Å². The molecular weight excluding hydrogens is 907 g/mol. The van der Waals surface area contributed by atoms with E-state index in [2.05, 4.69) is 20.4 Å². The van der Waals surface area contributed by atoms with Crippen LogP contribution in [0.1, 0.15) is 61.6 Å². The van der Waals surface area contributed by atoms with Crippen molar-refractivity contribution in [1.29, 1.82) is 5.26 Å². The zero-order valence-electron chi connectivity index (χ0n) is 37.0. The lowest BCUT2D eigenvalue weighted by Crippen LogP contribution is -2.13. The van der Waals surface area contributed by atoms with Gasteiger partial charge in [-0.05, 0) is 90.8 Å². The maximum absolute atomic E-state index is 14.1. The maximum Gasteiger partial charge on any atom is 0.168 e. The van der Waals surface area contributed by atoms with E-state index < -0.39 is 11.9 Å². The number of aldehydes is 1. The van der Waals surface area contributed by atoms with Gasteiger partial charge in [0.05, 0.1) is 69.1 Å². The standard InChI is InChI=1S/C24H24ClFN4O3.C18H16ClFN2O2.C6H5N3O/c1-15-10-21(29(2)27-15)24(31)22-12-23(25)28-30(22)20-9-6-18(26)11-17(20)14-33-13-16-4-7-19(32-3)8-5-16;1-23-16-5-2-13(3-6-16)11-24-12-14-10-15(20)4-7-17(14)22-9-8-18(19)21-22;1-9-6(4-10)2-5(3-7)8-9/h4-12,24,31H,13-14H2,1-3H3;2-10H,11-12H2,1H3;2,4H,1H3. The predicted molar refractivity (Wildman–Crippen MR) is 245 cm³/mol. The van der Waals surface area contributed by atoms with E-state index in [0.29, 0.717) is 58.5 Å². The highest BCUT2D eigenvalue weighted by Crippen LogP contribution is 2.29. The Morgan fingerprint density at radius 2 is 1.25 bits per heavy atom. The quantitative estimate of drug-likeness (QED) is 0.0974. The molecule has 8 rings (SSSR count). The molecule has 0 bridgehead atoms. The average molecular weight is 953 g/mol. The number of nitriles is 1. The van der Waals surface area contributed by atoms with E-state index in [9.17, 15) is 18.7 Å². The van der Waals surface area contributed by atoms with E-state index >= 15 is 0 Å². The fraction of sp³-hybridized carbons (Fsp3) is 0.208. The van der Waals surface area contributed by atoms with Gasteiger partial charge in [-0.1, -0.05) is 47.5 Å². The molecule has 19 heteroatoms.